The molecule has 0 aliphatic carbocycles. The largest absolute Gasteiger partial charge is 0.480 e. The topological polar surface area (TPSA) is 95.7 Å². The Bertz CT molecular complexity index is 1330. The number of aryl methyl sites for hydroxylation is 1. The van der Waals surface area contributed by atoms with Gasteiger partial charge in [-0.3, -0.25) is 9.20 Å². The summed E-state index contributed by atoms with van der Waals surface area (Å²) in [5.74, 6) is -0.834. The molecule has 4 rings (SSSR count). The molecule has 3 N–H and O–H groups in total. The van der Waals surface area contributed by atoms with Crippen LogP contribution in [-0.2, 0) is 11.3 Å². The molecule has 7 heteroatoms. The van der Waals surface area contributed by atoms with Crippen LogP contribution >= 0.6 is 0 Å². The number of aromatic nitrogens is 2. The molecule has 0 saturated heterocycles. The standard InChI is InChI=1S/C28H30N4O3/c1-4-19(3)24(28(34)35)31-27(33)22-14-15-32-23(16-22)30-25(21-12-10-18(2)11-13-21)26(32)29-17-20-8-6-5-7-9-20/h5-16,19,24,29H,4,17H2,1-3H3,(H,31,33)(H,34,35). The first-order valence-electron chi connectivity index (χ1n) is 11.8. The van der Waals surface area contributed by atoms with Gasteiger partial charge in [0.2, 0.25) is 0 Å². The molecule has 0 bridgehead atoms. The second-order valence-corrected chi connectivity index (χ2v) is 8.83. The number of carboxylic acid groups (broad SMARTS) is 1. The summed E-state index contributed by atoms with van der Waals surface area (Å²) in [5, 5.41) is 15.7. The van der Waals surface area contributed by atoms with Crippen LogP contribution in [0.3, 0.4) is 0 Å². The fraction of sp³-hybridized carbons (Fsp3) is 0.250. The Morgan fingerprint density at radius 3 is 2.43 bits per heavy atom. The van der Waals surface area contributed by atoms with E-state index in [1.807, 2.05) is 67.6 Å². The Labute approximate surface area is 204 Å². The zero-order valence-corrected chi connectivity index (χ0v) is 20.2. The summed E-state index contributed by atoms with van der Waals surface area (Å²) >= 11 is 0. The number of hydrogen-bond donors (Lipinski definition) is 3. The minimum Gasteiger partial charge on any atom is -0.480 e. The lowest BCUT2D eigenvalue weighted by Crippen LogP contribution is -2.45. The lowest BCUT2D eigenvalue weighted by atomic mass is 9.99. The van der Waals surface area contributed by atoms with Crippen LogP contribution in [0.5, 0.6) is 0 Å². The smallest absolute Gasteiger partial charge is 0.326 e. The summed E-state index contributed by atoms with van der Waals surface area (Å²) < 4.78 is 1.91. The van der Waals surface area contributed by atoms with E-state index in [0.717, 1.165) is 28.2 Å². The van der Waals surface area contributed by atoms with Crippen molar-refractivity contribution in [3.63, 3.8) is 0 Å². The molecule has 7 nitrogen and oxygen atoms in total. The number of aliphatic carboxylic acids is 1. The van der Waals surface area contributed by atoms with Crippen molar-refractivity contribution in [1.82, 2.24) is 14.7 Å². The molecular formula is C28H30N4O3. The van der Waals surface area contributed by atoms with Crippen LogP contribution in [0.2, 0.25) is 0 Å². The first kappa shape index (κ1) is 24.0. The van der Waals surface area contributed by atoms with E-state index >= 15 is 0 Å². The Balaban J connectivity index is 1.70. The molecule has 0 spiro atoms. The van der Waals surface area contributed by atoms with E-state index in [9.17, 15) is 14.7 Å². The molecule has 180 valence electrons. The van der Waals surface area contributed by atoms with Crippen LogP contribution in [-0.4, -0.2) is 32.4 Å². The minimum absolute atomic E-state index is 0.187. The first-order chi connectivity index (χ1) is 16.9. The Morgan fingerprint density at radius 2 is 1.77 bits per heavy atom. The summed E-state index contributed by atoms with van der Waals surface area (Å²) in [6, 6.07) is 20.7. The summed E-state index contributed by atoms with van der Waals surface area (Å²) in [6.45, 7) is 6.37. The maximum Gasteiger partial charge on any atom is 0.326 e. The number of carbonyl (C=O) groups is 2. The van der Waals surface area contributed by atoms with Gasteiger partial charge in [-0.15, -0.1) is 0 Å². The van der Waals surface area contributed by atoms with Crippen molar-refractivity contribution in [2.75, 3.05) is 5.32 Å². The highest BCUT2D eigenvalue weighted by Gasteiger charge is 2.26. The number of anilines is 1. The summed E-state index contributed by atoms with van der Waals surface area (Å²) in [4.78, 5) is 29.4. The third-order valence-corrected chi connectivity index (χ3v) is 6.28. The van der Waals surface area contributed by atoms with Crippen LogP contribution < -0.4 is 10.6 Å². The second-order valence-electron chi connectivity index (χ2n) is 8.83. The van der Waals surface area contributed by atoms with Gasteiger partial charge >= 0.3 is 5.97 Å². The zero-order valence-electron chi connectivity index (χ0n) is 20.2. The van der Waals surface area contributed by atoms with E-state index in [1.54, 1.807) is 18.3 Å². The van der Waals surface area contributed by atoms with E-state index in [-0.39, 0.29) is 5.92 Å². The van der Waals surface area contributed by atoms with E-state index in [0.29, 0.717) is 24.2 Å². The molecule has 0 aliphatic heterocycles. The maximum absolute atomic E-state index is 12.9. The predicted octanol–water partition coefficient (Wildman–Crippen LogP) is 5.15. The van der Waals surface area contributed by atoms with Gasteiger partial charge in [-0.25, -0.2) is 9.78 Å². The molecule has 2 heterocycles. The summed E-state index contributed by atoms with van der Waals surface area (Å²) in [5.41, 5.74) is 4.99. The average molecular weight is 471 g/mol. The number of carbonyl (C=O) groups excluding carboxylic acids is 1. The molecule has 1 amide bonds. The van der Waals surface area contributed by atoms with Crippen molar-refractivity contribution in [3.8, 4) is 11.3 Å². The van der Waals surface area contributed by atoms with Crippen molar-refractivity contribution in [3.05, 3.63) is 89.6 Å². The van der Waals surface area contributed by atoms with Crippen molar-refractivity contribution < 1.29 is 14.7 Å². The zero-order chi connectivity index (χ0) is 24.9. The quantitative estimate of drug-likeness (QED) is 0.314. The normalized spacial score (nSPS) is 12.8. The molecule has 0 radical (unpaired) electrons. The molecule has 0 saturated carbocycles. The second kappa shape index (κ2) is 10.4. The van der Waals surface area contributed by atoms with Crippen molar-refractivity contribution >= 4 is 23.3 Å². The maximum atomic E-state index is 12.9. The number of amides is 1. The molecule has 35 heavy (non-hydrogen) atoms. The molecule has 2 aromatic carbocycles. The van der Waals surface area contributed by atoms with Crippen LogP contribution in [0.1, 0.15) is 41.8 Å². The van der Waals surface area contributed by atoms with Crippen LogP contribution in [0.4, 0.5) is 5.82 Å². The van der Waals surface area contributed by atoms with Crippen LogP contribution in [0.25, 0.3) is 16.9 Å². The van der Waals surface area contributed by atoms with E-state index in [2.05, 4.69) is 22.8 Å². The van der Waals surface area contributed by atoms with Gasteiger partial charge in [0.1, 0.15) is 23.2 Å². The van der Waals surface area contributed by atoms with Gasteiger partial charge in [0.25, 0.3) is 5.91 Å². The highest BCUT2D eigenvalue weighted by molar-refractivity contribution is 5.97. The average Bonchev–Trinajstić information content (AvgIpc) is 3.24. The number of nitrogens with zero attached hydrogens (tertiary/aromatic N) is 2. The number of imidazole rings is 1. The summed E-state index contributed by atoms with van der Waals surface area (Å²) in [6.07, 6.45) is 2.44. The van der Waals surface area contributed by atoms with Crippen molar-refractivity contribution in [2.45, 2.75) is 39.8 Å². The number of pyridine rings is 1. The molecule has 2 atom stereocenters. The van der Waals surface area contributed by atoms with E-state index < -0.39 is 17.9 Å². The monoisotopic (exact) mass is 470 g/mol. The number of carboxylic acids is 1. The van der Waals surface area contributed by atoms with Gasteiger partial charge in [0.15, 0.2) is 0 Å². The van der Waals surface area contributed by atoms with Crippen LogP contribution in [0.15, 0.2) is 72.9 Å². The molecule has 0 fully saturated rings. The molecule has 2 aromatic heterocycles. The molecular weight excluding hydrogens is 440 g/mol. The third-order valence-electron chi connectivity index (χ3n) is 6.28. The van der Waals surface area contributed by atoms with Gasteiger partial charge in [-0.1, -0.05) is 80.4 Å². The van der Waals surface area contributed by atoms with Gasteiger partial charge < -0.3 is 15.7 Å². The lowest BCUT2D eigenvalue weighted by molar-refractivity contribution is -0.140. The number of rotatable bonds is 9. The minimum atomic E-state index is -1.04. The number of nitrogens with one attached hydrogen (secondary N) is 2. The molecule has 0 aliphatic rings. The predicted molar refractivity (Wildman–Crippen MR) is 137 cm³/mol. The van der Waals surface area contributed by atoms with E-state index in [1.165, 1.54) is 0 Å². The first-order valence-corrected chi connectivity index (χ1v) is 11.8. The Hall–Kier alpha value is -4.13. The fourth-order valence-corrected chi connectivity index (χ4v) is 3.96. The van der Waals surface area contributed by atoms with E-state index in [4.69, 9.17) is 4.98 Å². The van der Waals surface area contributed by atoms with Gasteiger partial charge in [0.05, 0.1) is 0 Å². The number of hydrogen-bond acceptors (Lipinski definition) is 4. The SMILES string of the molecule is CCC(C)C(NC(=O)c1ccn2c(NCc3ccccc3)c(-c3ccc(C)cc3)nc2c1)C(=O)O. The van der Waals surface area contributed by atoms with Crippen molar-refractivity contribution in [1.29, 1.82) is 0 Å². The number of fused-ring (bicyclic) bond motifs is 1. The fourth-order valence-electron chi connectivity index (χ4n) is 3.96. The van der Waals surface area contributed by atoms with Crippen LogP contribution in [0, 0.1) is 12.8 Å². The third kappa shape index (κ3) is 5.35. The Morgan fingerprint density at radius 1 is 1.06 bits per heavy atom. The van der Waals surface area contributed by atoms with Gasteiger partial charge in [-0.2, -0.15) is 0 Å². The Kier molecular flexibility index (Phi) is 7.15. The molecule has 4 aromatic rings. The van der Waals surface area contributed by atoms with Crippen molar-refractivity contribution in [2.24, 2.45) is 5.92 Å². The summed E-state index contributed by atoms with van der Waals surface area (Å²) in [7, 11) is 0. The number of benzene rings is 2. The van der Waals surface area contributed by atoms with Gasteiger partial charge in [-0.05, 0) is 30.5 Å². The molecule has 2 unspecified atom stereocenters. The lowest BCUT2D eigenvalue weighted by Gasteiger charge is -2.20. The highest BCUT2D eigenvalue weighted by atomic mass is 16.4. The van der Waals surface area contributed by atoms with Gasteiger partial charge in [0, 0.05) is 23.9 Å². The highest BCUT2D eigenvalue weighted by Crippen LogP contribution is 2.30.